The lowest BCUT2D eigenvalue weighted by Crippen LogP contribution is -2.68. The number of amides is 1. The first kappa shape index (κ1) is 16.1. The maximum Gasteiger partial charge on any atom is 0.352 e. The maximum atomic E-state index is 11.9. The number of carboxylic acid groups (broad SMARTS) is 1. The van der Waals surface area contributed by atoms with Crippen LogP contribution >= 0.6 is 23.5 Å². The number of nitrogens with zero attached hydrogens (tertiary/aromatic N) is 6. The lowest BCUT2D eigenvalue weighted by atomic mass is 10.0. The molecule has 0 bridgehead atoms. The van der Waals surface area contributed by atoms with Crippen molar-refractivity contribution in [2.45, 2.75) is 16.4 Å². The molecular weight excluding hydrogens is 368 g/mol. The lowest BCUT2D eigenvalue weighted by Gasteiger charge is -2.48. The van der Waals surface area contributed by atoms with E-state index in [0.29, 0.717) is 33.4 Å². The molecule has 0 saturated carbocycles. The highest BCUT2D eigenvalue weighted by atomic mass is 32.2. The van der Waals surface area contributed by atoms with Crippen molar-refractivity contribution < 1.29 is 14.7 Å². The van der Waals surface area contributed by atoms with E-state index < -0.39 is 12.0 Å². The SMILES string of the molecule is Nc1cc(SCC2=C(C(=O)O)N3C(=O)C(N)[C@@H]3SC2)nn2nnnc12. The molecule has 2 aliphatic rings. The number of nitrogens with two attached hydrogens (primary N) is 2. The molecule has 1 amide bonds. The van der Waals surface area contributed by atoms with E-state index in [1.165, 1.54) is 33.1 Å². The molecule has 1 saturated heterocycles. The van der Waals surface area contributed by atoms with Gasteiger partial charge in [0.15, 0.2) is 0 Å². The highest BCUT2D eigenvalue weighted by molar-refractivity contribution is 8.01. The Balaban J connectivity index is 1.60. The Labute approximate surface area is 148 Å². The van der Waals surface area contributed by atoms with E-state index in [9.17, 15) is 14.7 Å². The summed E-state index contributed by atoms with van der Waals surface area (Å²) in [4.78, 5) is 24.8. The third kappa shape index (κ3) is 2.51. The minimum atomic E-state index is -1.13. The summed E-state index contributed by atoms with van der Waals surface area (Å²) >= 11 is 2.76. The van der Waals surface area contributed by atoms with Crippen LogP contribution in [0.2, 0.25) is 0 Å². The molecule has 13 heteroatoms. The summed E-state index contributed by atoms with van der Waals surface area (Å²) in [7, 11) is 0. The Morgan fingerprint density at radius 3 is 3.08 bits per heavy atom. The summed E-state index contributed by atoms with van der Waals surface area (Å²) in [6, 6.07) is 0.984. The van der Waals surface area contributed by atoms with Crippen LogP contribution in [-0.2, 0) is 9.59 Å². The molecule has 0 aromatic carbocycles. The zero-order valence-corrected chi connectivity index (χ0v) is 14.2. The first-order valence-electron chi connectivity index (χ1n) is 7.10. The quantitative estimate of drug-likeness (QED) is 0.429. The summed E-state index contributed by atoms with van der Waals surface area (Å²) in [6.07, 6.45) is 0. The van der Waals surface area contributed by atoms with Crippen LogP contribution in [0.3, 0.4) is 0 Å². The van der Waals surface area contributed by atoms with Gasteiger partial charge in [-0.05, 0) is 22.1 Å². The smallest absolute Gasteiger partial charge is 0.352 e. The summed E-state index contributed by atoms with van der Waals surface area (Å²) in [5.41, 5.74) is 13.0. The molecule has 4 heterocycles. The monoisotopic (exact) mass is 380 g/mol. The third-order valence-electron chi connectivity index (χ3n) is 3.87. The molecule has 0 radical (unpaired) electrons. The van der Waals surface area contributed by atoms with Crippen LogP contribution in [-0.4, -0.2) is 70.1 Å². The van der Waals surface area contributed by atoms with E-state index in [1.807, 2.05) is 0 Å². The van der Waals surface area contributed by atoms with E-state index in [1.54, 1.807) is 6.07 Å². The van der Waals surface area contributed by atoms with Crippen molar-refractivity contribution >= 4 is 46.7 Å². The van der Waals surface area contributed by atoms with Gasteiger partial charge in [-0.3, -0.25) is 9.69 Å². The van der Waals surface area contributed by atoms with Gasteiger partial charge in [0.25, 0.3) is 0 Å². The van der Waals surface area contributed by atoms with E-state index in [4.69, 9.17) is 11.5 Å². The fourth-order valence-electron chi connectivity index (χ4n) is 2.67. The minimum Gasteiger partial charge on any atom is -0.477 e. The third-order valence-corrected chi connectivity index (χ3v) is 6.22. The number of carboxylic acids is 1. The van der Waals surface area contributed by atoms with Gasteiger partial charge >= 0.3 is 5.97 Å². The standard InChI is InChI=1S/C12H12N8O3S2/c13-5-1-6(16-20-9(5)15-17-18-20)24-2-4-3-25-11-7(14)10(21)19(11)8(4)12(22)23/h1,7,11H,2-3,13-14H2,(H,22,23)/t7?,11-/m0/s1. The number of aliphatic carboxylic acids is 1. The Morgan fingerprint density at radius 1 is 1.52 bits per heavy atom. The van der Waals surface area contributed by atoms with E-state index in [-0.39, 0.29) is 17.0 Å². The first-order chi connectivity index (χ1) is 12.0. The van der Waals surface area contributed by atoms with Gasteiger partial charge in [-0.15, -0.1) is 26.6 Å². The van der Waals surface area contributed by atoms with Crippen molar-refractivity contribution in [3.8, 4) is 0 Å². The predicted molar refractivity (Wildman–Crippen MR) is 89.4 cm³/mol. The zero-order valence-electron chi connectivity index (χ0n) is 12.6. The van der Waals surface area contributed by atoms with Gasteiger partial charge in [-0.2, -0.15) is 0 Å². The number of thioether (sulfide) groups is 2. The molecule has 0 spiro atoms. The van der Waals surface area contributed by atoms with Crippen molar-refractivity contribution in [1.29, 1.82) is 0 Å². The summed E-state index contributed by atoms with van der Waals surface area (Å²) < 4.78 is 1.22. The van der Waals surface area contributed by atoms with Crippen molar-refractivity contribution in [2.24, 2.45) is 5.73 Å². The molecule has 1 fully saturated rings. The number of hydrogen-bond acceptors (Lipinski definition) is 10. The number of nitrogen functional groups attached to an aromatic ring is 1. The summed E-state index contributed by atoms with van der Waals surface area (Å²) in [5.74, 6) is -0.668. The van der Waals surface area contributed by atoms with Crippen molar-refractivity contribution in [3.63, 3.8) is 0 Å². The highest BCUT2D eigenvalue weighted by Gasteiger charge is 2.51. The van der Waals surface area contributed by atoms with Crippen LogP contribution in [0.15, 0.2) is 22.4 Å². The molecule has 130 valence electrons. The van der Waals surface area contributed by atoms with Crippen LogP contribution in [0.4, 0.5) is 5.69 Å². The van der Waals surface area contributed by atoms with Gasteiger partial charge in [0, 0.05) is 11.5 Å². The zero-order chi connectivity index (χ0) is 17.7. The van der Waals surface area contributed by atoms with Crippen LogP contribution in [0.5, 0.6) is 0 Å². The topological polar surface area (TPSA) is 166 Å². The van der Waals surface area contributed by atoms with Gasteiger partial charge < -0.3 is 16.6 Å². The normalized spacial score (nSPS) is 22.9. The van der Waals surface area contributed by atoms with Crippen molar-refractivity contribution in [2.75, 3.05) is 17.2 Å². The fraction of sp³-hybridized carbons (Fsp3) is 0.333. The maximum absolute atomic E-state index is 11.9. The Kier molecular flexibility index (Phi) is 3.77. The molecule has 11 nitrogen and oxygen atoms in total. The summed E-state index contributed by atoms with van der Waals surface area (Å²) in [5, 5.41) is 24.9. The van der Waals surface area contributed by atoms with Crippen LogP contribution in [0.25, 0.3) is 5.65 Å². The number of hydrogen-bond donors (Lipinski definition) is 3. The second-order valence-corrected chi connectivity index (χ2v) is 7.51. The van der Waals surface area contributed by atoms with Crippen LogP contribution in [0.1, 0.15) is 0 Å². The first-order valence-corrected chi connectivity index (χ1v) is 9.14. The van der Waals surface area contributed by atoms with Gasteiger partial charge in [0.05, 0.1) is 5.69 Å². The number of carbonyl (C=O) groups is 2. The van der Waals surface area contributed by atoms with Gasteiger partial charge in [-0.25, -0.2) is 4.79 Å². The molecule has 5 N–H and O–H groups in total. The number of aromatic nitrogens is 5. The number of rotatable bonds is 4. The molecular formula is C12H12N8O3S2. The second kappa shape index (κ2) is 5.86. The van der Waals surface area contributed by atoms with E-state index in [2.05, 4.69) is 20.6 Å². The molecule has 2 aromatic heterocycles. The van der Waals surface area contributed by atoms with Crippen LogP contribution < -0.4 is 11.5 Å². The molecule has 0 aliphatic carbocycles. The molecule has 1 unspecified atom stereocenters. The molecule has 25 heavy (non-hydrogen) atoms. The lowest BCUT2D eigenvalue weighted by molar-refractivity contribution is -0.147. The molecule has 2 aromatic rings. The Hall–Kier alpha value is -2.38. The average Bonchev–Trinajstić information content (AvgIpc) is 3.07. The van der Waals surface area contributed by atoms with Crippen molar-refractivity contribution in [3.05, 3.63) is 17.3 Å². The second-order valence-electron chi connectivity index (χ2n) is 5.41. The Bertz CT molecular complexity index is 928. The van der Waals surface area contributed by atoms with Gasteiger partial charge in [0.2, 0.25) is 11.6 Å². The van der Waals surface area contributed by atoms with Gasteiger partial charge in [0.1, 0.15) is 22.1 Å². The highest BCUT2D eigenvalue weighted by Crippen LogP contribution is 2.40. The minimum absolute atomic E-state index is 0.0134. The predicted octanol–water partition coefficient (Wildman–Crippen LogP) is -1.23. The van der Waals surface area contributed by atoms with Gasteiger partial charge in [-0.1, -0.05) is 11.8 Å². The fourth-order valence-corrected chi connectivity index (χ4v) is 4.99. The van der Waals surface area contributed by atoms with E-state index >= 15 is 0 Å². The van der Waals surface area contributed by atoms with E-state index in [0.717, 1.165) is 0 Å². The van der Waals surface area contributed by atoms with Crippen molar-refractivity contribution in [1.82, 2.24) is 30.2 Å². The Morgan fingerprint density at radius 2 is 2.32 bits per heavy atom. The molecule has 2 aliphatic heterocycles. The number of tetrazole rings is 1. The number of β-lactam (4-membered cyclic amide) rings is 1. The van der Waals surface area contributed by atoms with Crippen LogP contribution in [0, 0.1) is 0 Å². The summed E-state index contributed by atoms with van der Waals surface area (Å²) in [6.45, 7) is 0. The number of carbonyl (C=O) groups excluding carboxylic acids is 1. The molecule has 4 rings (SSSR count). The average molecular weight is 380 g/mol. The number of fused-ring (bicyclic) bond motifs is 2. The number of anilines is 1. The largest absolute Gasteiger partial charge is 0.477 e. The molecule has 2 atom stereocenters.